The third-order valence-corrected chi connectivity index (χ3v) is 13.0. The number of aliphatic hydroxyl groups is 7. The van der Waals surface area contributed by atoms with E-state index in [-0.39, 0.29) is 12.8 Å². The summed E-state index contributed by atoms with van der Waals surface area (Å²) in [5.41, 5.74) is 0. The standard InChI is InChI=1S/C53H101NO10/c1-3-5-7-9-11-12-13-14-15-16-17-18-19-20-21-22-23-24-25-26-27-28-29-30-31-32-33-34-35-37-39-41-46(57)52(62)54-44(48(58)45(56)40-38-36-10-8-6-4-2)43-63-53-51(61)50(60)49(59)47(42-55)64-53/h8,10,20-21,44-51,53,55-61H,3-7,9,11-19,22-43H2,1-2H3,(H,54,62)/b10-8+,21-20-. The van der Waals surface area contributed by atoms with Crippen molar-refractivity contribution in [3.63, 3.8) is 0 Å². The number of nitrogens with one attached hydrogen (secondary N) is 1. The molecule has 0 aromatic heterocycles. The Bertz CT molecular complexity index is 1090. The first-order chi connectivity index (χ1) is 31.2. The molecule has 0 saturated carbocycles. The highest BCUT2D eigenvalue weighted by Gasteiger charge is 2.44. The molecule has 0 spiro atoms. The molecule has 1 heterocycles. The van der Waals surface area contributed by atoms with Gasteiger partial charge in [-0.1, -0.05) is 205 Å². The van der Waals surface area contributed by atoms with Gasteiger partial charge in [-0.05, 0) is 57.8 Å². The molecule has 8 N–H and O–H groups in total. The lowest BCUT2D eigenvalue weighted by atomic mass is 9.98. The van der Waals surface area contributed by atoms with E-state index in [4.69, 9.17) is 9.47 Å². The van der Waals surface area contributed by atoms with Gasteiger partial charge in [0, 0.05) is 0 Å². The van der Waals surface area contributed by atoms with Crippen LogP contribution >= 0.6 is 0 Å². The van der Waals surface area contributed by atoms with Gasteiger partial charge in [-0.2, -0.15) is 0 Å². The van der Waals surface area contributed by atoms with Gasteiger partial charge < -0.3 is 50.5 Å². The van der Waals surface area contributed by atoms with Gasteiger partial charge in [0.2, 0.25) is 5.91 Å². The highest BCUT2D eigenvalue weighted by Crippen LogP contribution is 2.23. The van der Waals surface area contributed by atoms with Crippen LogP contribution in [0.1, 0.15) is 239 Å². The number of ether oxygens (including phenoxy) is 2. The van der Waals surface area contributed by atoms with Gasteiger partial charge in [-0.25, -0.2) is 0 Å². The van der Waals surface area contributed by atoms with Crippen LogP contribution in [0.5, 0.6) is 0 Å². The van der Waals surface area contributed by atoms with E-state index >= 15 is 0 Å². The molecule has 1 fully saturated rings. The van der Waals surface area contributed by atoms with Gasteiger partial charge in [0.05, 0.1) is 25.4 Å². The average Bonchev–Trinajstić information content (AvgIpc) is 3.29. The van der Waals surface area contributed by atoms with Crippen LogP contribution in [0, 0.1) is 0 Å². The lowest BCUT2D eigenvalue weighted by molar-refractivity contribution is -0.303. The van der Waals surface area contributed by atoms with Crippen LogP contribution in [0.2, 0.25) is 0 Å². The van der Waals surface area contributed by atoms with Crippen LogP contribution in [-0.2, 0) is 14.3 Å². The fraction of sp³-hybridized carbons (Fsp3) is 0.906. The third-order valence-electron chi connectivity index (χ3n) is 13.0. The zero-order chi connectivity index (χ0) is 46.9. The zero-order valence-electron chi connectivity index (χ0n) is 41.0. The summed E-state index contributed by atoms with van der Waals surface area (Å²) < 4.78 is 11.0. The summed E-state index contributed by atoms with van der Waals surface area (Å²) in [5.74, 6) is -0.709. The second-order valence-electron chi connectivity index (χ2n) is 18.9. The molecule has 11 nitrogen and oxygen atoms in total. The first-order valence-corrected chi connectivity index (χ1v) is 26.7. The quantitative estimate of drug-likeness (QED) is 0.0216. The number of hydrogen-bond acceptors (Lipinski definition) is 10. The van der Waals surface area contributed by atoms with Gasteiger partial charge in [-0.3, -0.25) is 4.79 Å². The topological polar surface area (TPSA) is 189 Å². The number of carbonyl (C=O) groups excluding carboxylic acids is 1. The number of allylic oxidation sites excluding steroid dienone is 4. The zero-order valence-corrected chi connectivity index (χ0v) is 41.0. The van der Waals surface area contributed by atoms with Crippen LogP contribution in [-0.4, -0.2) is 110 Å². The van der Waals surface area contributed by atoms with Crippen molar-refractivity contribution in [2.45, 2.75) is 294 Å². The summed E-state index contributed by atoms with van der Waals surface area (Å²) in [5, 5.41) is 75.3. The van der Waals surface area contributed by atoms with Crippen LogP contribution in [0.25, 0.3) is 0 Å². The Balaban J connectivity index is 2.13. The van der Waals surface area contributed by atoms with E-state index in [9.17, 15) is 40.5 Å². The second-order valence-corrected chi connectivity index (χ2v) is 18.9. The van der Waals surface area contributed by atoms with E-state index in [0.29, 0.717) is 12.8 Å². The molecule has 0 bridgehead atoms. The highest BCUT2D eigenvalue weighted by atomic mass is 16.7. The van der Waals surface area contributed by atoms with E-state index in [2.05, 4.69) is 37.4 Å². The molecular formula is C53H101NO10. The molecule has 1 amide bonds. The molecule has 64 heavy (non-hydrogen) atoms. The minimum atomic E-state index is -1.66. The number of hydrogen-bond donors (Lipinski definition) is 8. The maximum absolute atomic E-state index is 13.0. The Kier molecular flexibility index (Phi) is 40.6. The van der Waals surface area contributed by atoms with E-state index in [1.807, 2.05) is 6.08 Å². The molecule has 0 aromatic carbocycles. The van der Waals surface area contributed by atoms with Crippen molar-refractivity contribution in [3.05, 3.63) is 24.3 Å². The lowest BCUT2D eigenvalue weighted by Crippen LogP contribution is -2.60. The van der Waals surface area contributed by atoms with Crippen molar-refractivity contribution < 1.29 is 50.0 Å². The minimum absolute atomic E-state index is 0.255. The Morgan fingerprint density at radius 2 is 0.953 bits per heavy atom. The highest BCUT2D eigenvalue weighted by molar-refractivity contribution is 5.80. The predicted molar refractivity (Wildman–Crippen MR) is 261 cm³/mol. The molecule has 9 atom stereocenters. The molecule has 0 aliphatic carbocycles. The molecule has 1 aliphatic rings. The molecule has 0 aromatic rings. The van der Waals surface area contributed by atoms with Crippen LogP contribution in [0.3, 0.4) is 0 Å². The predicted octanol–water partition coefficient (Wildman–Crippen LogP) is 10.2. The summed E-state index contributed by atoms with van der Waals surface area (Å²) in [6.45, 7) is 3.30. The molecule has 9 unspecified atom stereocenters. The first kappa shape index (κ1) is 60.6. The smallest absolute Gasteiger partial charge is 0.249 e. The Morgan fingerprint density at radius 1 is 0.531 bits per heavy atom. The van der Waals surface area contributed by atoms with Gasteiger partial charge >= 0.3 is 0 Å². The Morgan fingerprint density at radius 3 is 1.41 bits per heavy atom. The summed E-state index contributed by atoms with van der Waals surface area (Å²) in [6.07, 6.45) is 38.9. The minimum Gasteiger partial charge on any atom is -0.394 e. The molecule has 1 aliphatic heterocycles. The first-order valence-electron chi connectivity index (χ1n) is 26.7. The summed E-state index contributed by atoms with van der Waals surface area (Å²) in [6, 6.07) is -1.18. The number of rotatable bonds is 45. The van der Waals surface area contributed by atoms with E-state index in [1.165, 1.54) is 161 Å². The molecule has 1 saturated heterocycles. The average molecular weight is 912 g/mol. The van der Waals surface area contributed by atoms with Crippen LogP contribution in [0.15, 0.2) is 24.3 Å². The fourth-order valence-corrected chi connectivity index (χ4v) is 8.56. The maximum Gasteiger partial charge on any atom is 0.249 e. The SMILES string of the molecule is CCC/C=C/CCCC(O)C(O)C(COC1OC(CO)C(O)C(O)C1O)NC(=O)C(O)CCCCCCCCCCCCCCCCC/C=C\CCCCCCCCCCCCCC. The Hall–Kier alpha value is -1.41. The van der Waals surface area contributed by atoms with Crippen molar-refractivity contribution in [2.24, 2.45) is 0 Å². The molecule has 378 valence electrons. The monoisotopic (exact) mass is 912 g/mol. The second kappa shape index (κ2) is 42.9. The number of aliphatic hydroxyl groups excluding tert-OH is 7. The van der Waals surface area contributed by atoms with Crippen molar-refractivity contribution in [1.29, 1.82) is 0 Å². The molecule has 1 rings (SSSR count). The number of amides is 1. The fourth-order valence-electron chi connectivity index (χ4n) is 8.56. The number of unbranched alkanes of at least 4 members (excludes halogenated alkanes) is 29. The van der Waals surface area contributed by atoms with Crippen LogP contribution in [0.4, 0.5) is 0 Å². The van der Waals surface area contributed by atoms with Gasteiger partial charge in [0.1, 0.15) is 36.6 Å². The largest absolute Gasteiger partial charge is 0.394 e. The summed E-state index contributed by atoms with van der Waals surface area (Å²) >= 11 is 0. The third kappa shape index (κ3) is 31.5. The summed E-state index contributed by atoms with van der Waals surface area (Å²) in [4.78, 5) is 13.0. The van der Waals surface area contributed by atoms with E-state index in [0.717, 1.165) is 38.5 Å². The van der Waals surface area contributed by atoms with Gasteiger partial charge in [-0.15, -0.1) is 0 Å². The Labute approximate surface area is 391 Å². The maximum atomic E-state index is 13.0. The normalized spacial score (nSPS) is 21.2. The summed E-state index contributed by atoms with van der Waals surface area (Å²) in [7, 11) is 0. The molecular weight excluding hydrogens is 811 g/mol. The van der Waals surface area contributed by atoms with Gasteiger partial charge in [0.25, 0.3) is 0 Å². The molecule has 11 heteroatoms. The van der Waals surface area contributed by atoms with Crippen molar-refractivity contribution in [3.8, 4) is 0 Å². The number of carbonyl (C=O) groups is 1. The van der Waals surface area contributed by atoms with Crippen molar-refractivity contribution in [1.82, 2.24) is 5.32 Å². The van der Waals surface area contributed by atoms with Crippen molar-refractivity contribution in [2.75, 3.05) is 13.2 Å². The van der Waals surface area contributed by atoms with Crippen LogP contribution < -0.4 is 5.32 Å². The van der Waals surface area contributed by atoms with Crippen molar-refractivity contribution >= 4 is 5.91 Å². The van der Waals surface area contributed by atoms with Gasteiger partial charge in [0.15, 0.2) is 6.29 Å². The molecule has 0 radical (unpaired) electrons. The lowest BCUT2D eigenvalue weighted by Gasteiger charge is -2.40. The van der Waals surface area contributed by atoms with E-state index in [1.54, 1.807) is 0 Å². The van der Waals surface area contributed by atoms with E-state index < -0.39 is 74.2 Å².